The van der Waals surface area contributed by atoms with Gasteiger partial charge in [0.05, 0.1) is 0 Å². The number of sulfonamides is 1. The summed E-state index contributed by atoms with van der Waals surface area (Å²) in [6.07, 6.45) is 1.61. The Morgan fingerprint density at radius 1 is 1.29 bits per heavy atom. The van der Waals surface area contributed by atoms with Crippen molar-refractivity contribution in [1.29, 1.82) is 0 Å². The number of nitrogens with zero attached hydrogens (tertiary/aromatic N) is 4. The lowest BCUT2D eigenvalue weighted by molar-refractivity contribution is 0.589. The summed E-state index contributed by atoms with van der Waals surface area (Å²) in [4.78, 5) is 23.0. The number of nitrogens with one attached hydrogen (secondary N) is 1. The van der Waals surface area contributed by atoms with E-state index in [9.17, 15) is 18.0 Å². The minimum atomic E-state index is -4.14. The number of aromatic nitrogens is 4. The topological polar surface area (TPSA) is 116 Å². The molecule has 0 aliphatic rings. The molecule has 2 rings (SSSR count). The first kappa shape index (κ1) is 15.4. The Labute approximate surface area is 123 Å². The predicted octanol–water partition coefficient (Wildman–Crippen LogP) is -0.701. The third-order valence-corrected chi connectivity index (χ3v) is 5.13. The fraction of sp³-hybridized carbons (Fsp3) is 0.400. The maximum Gasteiger partial charge on any atom is 0.330 e. The van der Waals surface area contributed by atoms with Crippen molar-refractivity contribution in [1.82, 2.24) is 19.3 Å². The van der Waals surface area contributed by atoms with Crippen LogP contribution in [0.2, 0.25) is 0 Å². The molecule has 2 heterocycles. The van der Waals surface area contributed by atoms with E-state index in [1.54, 1.807) is 0 Å². The van der Waals surface area contributed by atoms with E-state index in [1.165, 1.54) is 14.1 Å². The summed E-state index contributed by atoms with van der Waals surface area (Å²) in [5, 5.41) is 8.22. The molecule has 0 aliphatic carbocycles. The standard InChI is InChI=1S/C10H13N5O4S2/c1-4-7-11-12-9(20-7)13-21(18,19)6-5-14(2)10(17)15(3)8(6)16/h5H,4H2,1-3H3,(H,12,13). The lowest BCUT2D eigenvalue weighted by Crippen LogP contribution is -2.40. The molecule has 0 atom stereocenters. The Morgan fingerprint density at radius 3 is 2.52 bits per heavy atom. The zero-order valence-corrected chi connectivity index (χ0v) is 13.2. The van der Waals surface area contributed by atoms with Crippen molar-refractivity contribution in [2.24, 2.45) is 14.1 Å². The maximum atomic E-state index is 12.2. The molecule has 0 unspecified atom stereocenters. The lowest BCUT2D eigenvalue weighted by atomic mass is 10.5. The molecule has 0 spiro atoms. The van der Waals surface area contributed by atoms with Crippen LogP contribution < -0.4 is 16.0 Å². The molecule has 1 N–H and O–H groups in total. The van der Waals surface area contributed by atoms with Gasteiger partial charge in [0.15, 0.2) is 4.90 Å². The number of anilines is 1. The van der Waals surface area contributed by atoms with Crippen LogP contribution in [0.15, 0.2) is 20.7 Å². The molecule has 0 saturated carbocycles. The third kappa shape index (κ3) is 2.88. The Kier molecular flexibility index (Phi) is 3.96. The number of rotatable bonds is 4. The minimum Gasteiger partial charge on any atom is -0.302 e. The van der Waals surface area contributed by atoms with E-state index in [4.69, 9.17) is 0 Å². The predicted molar refractivity (Wildman–Crippen MR) is 77.0 cm³/mol. The van der Waals surface area contributed by atoms with Gasteiger partial charge in [0.25, 0.3) is 15.6 Å². The molecule has 9 nitrogen and oxygen atoms in total. The van der Waals surface area contributed by atoms with Gasteiger partial charge >= 0.3 is 5.69 Å². The van der Waals surface area contributed by atoms with E-state index in [1.807, 2.05) is 6.92 Å². The first-order valence-corrected chi connectivity index (χ1v) is 8.18. The molecule has 0 fully saturated rings. The minimum absolute atomic E-state index is 0.0720. The van der Waals surface area contributed by atoms with E-state index >= 15 is 0 Å². The van der Waals surface area contributed by atoms with Gasteiger partial charge in [-0.25, -0.2) is 13.2 Å². The van der Waals surface area contributed by atoms with Gasteiger partial charge in [-0.15, -0.1) is 10.2 Å². The monoisotopic (exact) mass is 331 g/mol. The Hall–Kier alpha value is -2.01. The first-order chi connectivity index (χ1) is 9.76. The smallest absolute Gasteiger partial charge is 0.302 e. The van der Waals surface area contributed by atoms with E-state index in [-0.39, 0.29) is 5.13 Å². The van der Waals surface area contributed by atoms with Crippen LogP contribution in [0, 0.1) is 0 Å². The highest BCUT2D eigenvalue weighted by Gasteiger charge is 2.23. The van der Waals surface area contributed by atoms with Gasteiger partial charge in [-0.1, -0.05) is 18.3 Å². The van der Waals surface area contributed by atoms with Crippen molar-refractivity contribution >= 4 is 26.5 Å². The molecule has 2 aromatic heterocycles. The molecule has 11 heteroatoms. The van der Waals surface area contributed by atoms with Crippen LogP contribution in [0.25, 0.3) is 0 Å². The van der Waals surface area contributed by atoms with Crippen molar-refractivity contribution in [2.45, 2.75) is 18.2 Å². The van der Waals surface area contributed by atoms with Gasteiger partial charge in [-0.05, 0) is 6.42 Å². The summed E-state index contributed by atoms with van der Waals surface area (Å²) in [6, 6.07) is 0. The molecule has 0 saturated heterocycles. The summed E-state index contributed by atoms with van der Waals surface area (Å²) >= 11 is 1.08. The van der Waals surface area contributed by atoms with Crippen LogP contribution in [0.5, 0.6) is 0 Å². The van der Waals surface area contributed by atoms with Crippen molar-refractivity contribution in [3.63, 3.8) is 0 Å². The van der Waals surface area contributed by atoms with Gasteiger partial charge in [-0.3, -0.25) is 14.1 Å². The van der Waals surface area contributed by atoms with Crippen LogP contribution >= 0.6 is 11.3 Å². The molecule has 0 aromatic carbocycles. The molecule has 0 radical (unpaired) electrons. The normalized spacial score (nSPS) is 11.6. The zero-order valence-electron chi connectivity index (χ0n) is 11.5. The third-order valence-electron chi connectivity index (χ3n) is 2.70. The van der Waals surface area contributed by atoms with E-state index < -0.39 is 26.2 Å². The van der Waals surface area contributed by atoms with Crippen molar-refractivity contribution in [3.05, 3.63) is 32.0 Å². The molecular weight excluding hydrogens is 318 g/mol. The maximum absolute atomic E-state index is 12.2. The van der Waals surface area contributed by atoms with Crippen molar-refractivity contribution in [3.8, 4) is 0 Å². The van der Waals surface area contributed by atoms with Crippen molar-refractivity contribution < 1.29 is 8.42 Å². The van der Waals surface area contributed by atoms with Crippen molar-refractivity contribution in [2.75, 3.05) is 4.72 Å². The number of aryl methyl sites for hydroxylation is 2. The quantitative estimate of drug-likeness (QED) is 0.792. The number of hydrogen-bond donors (Lipinski definition) is 1. The summed E-state index contributed by atoms with van der Waals surface area (Å²) in [5.74, 6) is 0. The van der Waals surface area contributed by atoms with Gasteiger partial charge in [0, 0.05) is 20.3 Å². The molecule has 114 valence electrons. The first-order valence-electron chi connectivity index (χ1n) is 5.88. The number of hydrogen-bond acceptors (Lipinski definition) is 7. The molecular formula is C10H13N5O4S2. The highest BCUT2D eigenvalue weighted by Crippen LogP contribution is 2.18. The Bertz CT molecular complexity index is 893. The second-order valence-corrected chi connectivity index (χ2v) is 6.92. The second kappa shape index (κ2) is 5.41. The highest BCUT2D eigenvalue weighted by atomic mass is 32.2. The fourth-order valence-electron chi connectivity index (χ4n) is 1.57. The van der Waals surface area contributed by atoms with Crippen LogP contribution in [0.4, 0.5) is 5.13 Å². The van der Waals surface area contributed by atoms with Crippen LogP contribution in [-0.2, 0) is 30.5 Å². The average Bonchev–Trinajstić information content (AvgIpc) is 2.87. The SMILES string of the molecule is CCc1nnc(NS(=O)(=O)c2cn(C)c(=O)n(C)c2=O)s1. The van der Waals surface area contributed by atoms with Gasteiger partial charge < -0.3 is 4.57 Å². The molecule has 0 bridgehead atoms. The lowest BCUT2D eigenvalue weighted by Gasteiger charge is -2.07. The summed E-state index contributed by atoms with van der Waals surface area (Å²) in [7, 11) is -1.56. The van der Waals surface area contributed by atoms with Crippen LogP contribution in [0.3, 0.4) is 0 Å². The van der Waals surface area contributed by atoms with Gasteiger partial charge in [0.2, 0.25) is 5.13 Å². The van der Waals surface area contributed by atoms with Gasteiger partial charge in [-0.2, -0.15) is 0 Å². The highest BCUT2D eigenvalue weighted by molar-refractivity contribution is 7.92. The summed E-state index contributed by atoms with van der Waals surface area (Å²) < 4.78 is 28.4. The summed E-state index contributed by atoms with van der Waals surface area (Å²) in [5.41, 5.74) is -1.51. The largest absolute Gasteiger partial charge is 0.330 e. The van der Waals surface area contributed by atoms with Gasteiger partial charge in [0.1, 0.15) is 5.01 Å². The molecule has 2 aromatic rings. The van der Waals surface area contributed by atoms with Crippen LogP contribution in [0.1, 0.15) is 11.9 Å². The fourth-order valence-corrected chi connectivity index (χ4v) is 3.64. The second-order valence-electron chi connectivity index (χ2n) is 4.21. The molecule has 0 aliphatic heterocycles. The Morgan fingerprint density at radius 2 is 1.95 bits per heavy atom. The summed E-state index contributed by atoms with van der Waals surface area (Å²) in [6.45, 7) is 1.86. The molecule has 21 heavy (non-hydrogen) atoms. The van der Waals surface area contributed by atoms with E-state index in [0.29, 0.717) is 11.4 Å². The van der Waals surface area contributed by atoms with E-state index in [0.717, 1.165) is 26.7 Å². The zero-order chi connectivity index (χ0) is 15.8. The average molecular weight is 331 g/mol. The molecule has 0 amide bonds. The van der Waals surface area contributed by atoms with E-state index in [2.05, 4.69) is 14.9 Å². The Balaban J connectivity index is 2.50. The van der Waals surface area contributed by atoms with Crippen LogP contribution in [-0.4, -0.2) is 27.7 Å².